The van der Waals surface area contributed by atoms with Crippen molar-refractivity contribution in [2.45, 2.75) is 38.9 Å². The predicted octanol–water partition coefficient (Wildman–Crippen LogP) is 7.81. The van der Waals surface area contributed by atoms with Crippen LogP contribution in [-0.4, -0.2) is 28.1 Å². The van der Waals surface area contributed by atoms with E-state index in [-0.39, 0.29) is 11.2 Å². The molecule has 0 atom stereocenters. The zero-order valence-corrected chi connectivity index (χ0v) is 23.3. The van der Waals surface area contributed by atoms with E-state index >= 15 is 0 Å². The Labute approximate surface area is 235 Å². The van der Waals surface area contributed by atoms with Crippen LogP contribution < -0.4 is 5.46 Å². The average Bonchev–Trinajstić information content (AvgIpc) is 3.48. The van der Waals surface area contributed by atoms with Gasteiger partial charge in [0.15, 0.2) is 0 Å². The summed E-state index contributed by atoms with van der Waals surface area (Å²) in [7, 11) is -0.404. The van der Waals surface area contributed by atoms with Crippen molar-refractivity contribution in [3.63, 3.8) is 0 Å². The van der Waals surface area contributed by atoms with Gasteiger partial charge in [-0.2, -0.15) is 5.10 Å². The third-order valence-corrected chi connectivity index (χ3v) is 8.47. The van der Waals surface area contributed by atoms with E-state index in [2.05, 4.69) is 142 Å². The van der Waals surface area contributed by atoms with Crippen LogP contribution >= 0.6 is 0 Å². The molecule has 5 aromatic carbocycles. The summed E-state index contributed by atoms with van der Waals surface area (Å²) in [6.45, 7) is 8.32. The second kappa shape index (κ2) is 9.19. The second-order valence-corrected chi connectivity index (χ2v) is 11.5. The Morgan fingerprint density at radius 1 is 0.650 bits per heavy atom. The number of aromatic nitrogens is 2. The van der Waals surface area contributed by atoms with E-state index in [0.717, 1.165) is 33.3 Å². The van der Waals surface area contributed by atoms with Crippen molar-refractivity contribution in [3.8, 4) is 28.1 Å². The van der Waals surface area contributed by atoms with Crippen LogP contribution in [0.5, 0.6) is 0 Å². The minimum Gasteiger partial charge on any atom is -0.399 e. The Balaban J connectivity index is 1.46. The van der Waals surface area contributed by atoms with Crippen molar-refractivity contribution in [1.82, 2.24) is 9.78 Å². The van der Waals surface area contributed by atoms with Crippen LogP contribution in [0.25, 0.3) is 49.7 Å². The molecule has 0 spiro atoms. The van der Waals surface area contributed by atoms with Gasteiger partial charge in [0.25, 0.3) is 0 Å². The van der Waals surface area contributed by atoms with E-state index in [0.29, 0.717) is 0 Å². The summed E-state index contributed by atoms with van der Waals surface area (Å²) in [6.07, 6.45) is 0. The molecule has 1 fully saturated rings. The maximum absolute atomic E-state index is 6.31. The summed E-state index contributed by atoms with van der Waals surface area (Å²) < 4.78 is 14.7. The molecule has 4 nitrogen and oxygen atoms in total. The molecule has 1 aromatic heterocycles. The molecule has 5 heteroatoms. The predicted molar refractivity (Wildman–Crippen MR) is 165 cm³/mol. The van der Waals surface area contributed by atoms with Gasteiger partial charge in [-0.1, -0.05) is 97.1 Å². The minimum atomic E-state index is -0.404. The monoisotopic (exact) mass is 522 g/mol. The maximum atomic E-state index is 6.31. The number of rotatable bonds is 4. The molecule has 0 amide bonds. The summed E-state index contributed by atoms with van der Waals surface area (Å²) in [4.78, 5) is 0. The quantitative estimate of drug-likeness (QED) is 0.222. The van der Waals surface area contributed by atoms with Crippen LogP contribution in [0.2, 0.25) is 0 Å². The van der Waals surface area contributed by atoms with Gasteiger partial charge in [-0.15, -0.1) is 0 Å². The summed E-state index contributed by atoms with van der Waals surface area (Å²) in [5.74, 6) is 0. The highest BCUT2D eigenvalue weighted by molar-refractivity contribution is 6.62. The lowest BCUT2D eigenvalue weighted by atomic mass is 9.79. The van der Waals surface area contributed by atoms with Gasteiger partial charge in [-0.05, 0) is 67.9 Å². The summed E-state index contributed by atoms with van der Waals surface area (Å²) in [5, 5.41) is 8.79. The molecule has 6 aromatic rings. The lowest BCUT2D eigenvalue weighted by Gasteiger charge is -2.32. The molecule has 196 valence electrons. The zero-order chi connectivity index (χ0) is 27.5. The van der Waals surface area contributed by atoms with E-state index in [9.17, 15) is 0 Å². The molecule has 0 radical (unpaired) electrons. The smallest absolute Gasteiger partial charge is 0.399 e. The van der Waals surface area contributed by atoms with Gasteiger partial charge in [0, 0.05) is 16.3 Å². The van der Waals surface area contributed by atoms with Crippen LogP contribution in [0.1, 0.15) is 27.7 Å². The van der Waals surface area contributed by atoms with Crippen molar-refractivity contribution >= 4 is 34.3 Å². The van der Waals surface area contributed by atoms with Gasteiger partial charge in [0.1, 0.15) is 5.69 Å². The third kappa shape index (κ3) is 3.97. The number of benzene rings is 5. The highest BCUT2D eigenvalue weighted by atomic mass is 16.7. The SMILES string of the molecule is CC1(C)OB(c2ccc(-n3nc(-c4ccccc4)c4c(-c5ccccc5)cc5ccccc5c43)cc2)OC1(C)C. The van der Waals surface area contributed by atoms with Crippen molar-refractivity contribution in [3.05, 3.63) is 115 Å². The van der Waals surface area contributed by atoms with E-state index in [1.165, 1.54) is 21.9 Å². The number of nitrogens with zero attached hydrogens (tertiary/aromatic N) is 2. The molecule has 1 saturated heterocycles. The first kappa shape index (κ1) is 24.8. The summed E-state index contributed by atoms with van der Waals surface area (Å²) in [5.41, 5.74) is 6.72. The first-order valence-electron chi connectivity index (χ1n) is 13.8. The highest BCUT2D eigenvalue weighted by Gasteiger charge is 2.51. The first-order chi connectivity index (χ1) is 19.3. The van der Waals surface area contributed by atoms with Crippen molar-refractivity contribution in [1.29, 1.82) is 0 Å². The molecule has 0 bridgehead atoms. The normalized spacial score (nSPS) is 16.1. The Hall–Kier alpha value is -4.19. The first-order valence-corrected chi connectivity index (χ1v) is 13.8. The fourth-order valence-corrected chi connectivity index (χ4v) is 5.57. The molecule has 1 aliphatic heterocycles. The molecule has 0 unspecified atom stereocenters. The fraction of sp³-hybridized carbons (Fsp3) is 0.171. The van der Waals surface area contributed by atoms with Crippen LogP contribution in [0.4, 0.5) is 0 Å². The van der Waals surface area contributed by atoms with Crippen molar-refractivity contribution < 1.29 is 9.31 Å². The van der Waals surface area contributed by atoms with Crippen LogP contribution in [0.3, 0.4) is 0 Å². The molecule has 7 rings (SSSR count). The lowest BCUT2D eigenvalue weighted by molar-refractivity contribution is 0.00578. The Kier molecular flexibility index (Phi) is 5.70. The van der Waals surface area contributed by atoms with Gasteiger partial charge >= 0.3 is 7.12 Å². The van der Waals surface area contributed by atoms with Crippen molar-refractivity contribution in [2.75, 3.05) is 0 Å². The van der Waals surface area contributed by atoms with Crippen molar-refractivity contribution in [2.24, 2.45) is 0 Å². The molecule has 0 saturated carbocycles. The molecule has 0 aliphatic carbocycles. The largest absolute Gasteiger partial charge is 0.494 e. The number of hydrogen-bond donors (Lipinski definition) is 0. The Morgan fingerprint density at radius 2 is 1.23 bits per heavy atom. The molecule has 1 aliphatic rings. The minimum absolute atomic E-state index is 0.383. The fourth-order valence-electron chi connectivity index (χ4n) is 5.57. The number of fused-ring (bicyclic) bond motifs is 3. The average molecular weight is 522 g/mol. The summed E-state index contributed by atoms with van der Waals surface area (Å²) >= 11 is 0. The Bertz CT molecular complexity index is 1830. The van der Waals surface area contributed by atoms with E-state index in [1.807, 2.05) is 6.07 Å². The van der Waals surface area contributed by atoms with Gasteiger partial charge in [-0.25, -0.2) is 4.68 Å². The van der Waals surface area contributed by atoms with Crippen LogP contribution in [0.15, 0.2) is 115 Å². The Morgan fingerprint density at radius 3 is 1.88 bits per heavy atom. The lowest BCUT2D eigenvalue weighted by Crippen LogP contribution is -2.41. The van der Waals surface area contributed by atoms with Gasteiger partial charge in [-0.3, -0.25) is 0 Å². The van der Waals surface area contributed by atoms with Gasteiger partial charge in [0.05, 0.1) is 22.4 Å². The molecule has 0 N–H and O–H groups in total. The second-order valence-electron chi connectivity index (χ2n) is 11.5. The molecular weight excluding hydrogens is 491 g/mol. The van der Waals surface area contributed by atoms with Gasteiger partial charge < -0.3 is 9.31 Å². The zero-order valence-electron chi connectivity index (χ0n) is 23.3. The van der Waals surface area contributed by atoms with E-state index in [4.69, 9.17) is 14.4 Å². The number of hydrogen-bond acceptors (Lipinski definition) is 3. The van der Waals surface area contributed by atoms with Crippen LogP contribution in [0, 0.1) is 0 Å². The van der Waals surface area contributed by atoms with Crippen LogP contribution in [-0.2, 0) is 9.31 Å². The molecular formula is C35H31BN2O2. The molecule has 2 heterocycles. The van der Waals surface area contributed by atoms with Gasteiger partial charge in [0.2, 0.25) is 0 Å². The maximum Gasteiger partial charge on any atom is 0.494 e. The topological polar surface area (TPSA) is 36.3 Å². The standard InChI is InChI=1S/C35H31BN2O2/c1-34(2)35(3,4)40-36(39-34)27-19-21-28(22-20-27)38-33-29-18-12-11-17-26(29)23-30(24-13-7-5-8-14-24)31(33)32(37-38)25-15-9-6-10-16-25/h5-23H,1-4H3. The van der Waals surface area contributed by atoms with E-state index < -0.39 is 7.12 Å². The third-order valence-electron chi connectivity index (χ3n) is 8.47. The van der Waals surface area contributed by atoms with E-state index in [1.54, 1.807) is 0 Å². The highest BCUT2D eigenvalue weighted by Crippen LogP contribution is 2.41. The molecule has 40 heavy (non-hydrogen) atoms. The summed E-state index contributed by atoms with van der Waals surface area (Å²) in [6, 6.07) is 40.4.